The number of pyridine rings is 1. The lowest BCUT2D eigenvalue weighted by Crippen LogP contribution is -2.32. The molecule has 1 aliphatic carbocycles. The molecular formula is C16H22N2O4. The normalized spacial score (nSPS) is 21.3. The van der Waals surface area contributed by atoms with Crippen LogP contribution in [0.15, 0.2) is 18.2 Å². The summed E-state index contributed by atoms with van der Waals surface area (Å²) in [6.07, 6.45) is 5.02. The Hall–Kier alpha value is -1.95. The van der Waals surface area contributed by atoms with Crippen LogP contribution in [0.2, 0.25) is 0 Å². The number of nitrogens with one attached hydrogen (secondary N) is 1. The molecule has 1 aromatic rings. The van der Waals surface area contributed by atoms with Crippen molar-refractivity contribution in [3.63, 3.8) is 0 Å². The Balaban J connectivity index is 1.75. The number of ether oxygens (including phenoxy) is 1. The van der Waals surface area contributed by atoms with Crippen LogP contribution in [0.1, 0.15) is 53.6 Å². The molecule has 1 fully saturated rings. The number of amides is 1. The highest BCUT2D eigenvalue weighted by Crippen LogP contribution is 2.25. The molecule has 0 saturated heterocycles. The highest BCUT2D eigenvalue weighted by atomic mass is 16.5. The van der Waals surface area contributed by atoms with Crippen LogP contribution in [0.4, 0.5) is 0 Å². The third kappa shape index (κ3) is 4.53. The van der Waals surface area contributed by atoms with Crippen LogP contribution in [-0.4, -0.2) is 41.2 Å². The Bertz CT molecular complexity index is 533. The number of carboxylic acids is 1. The van der Waals surface area contributed by atoms with Crippen LogP contribution in [0.5, 0.6) is 0 Å². The zero-order valence-corrected chi connectivity index (χ0v) is 12.7. The first kappa shape index (κ1) is 16.4. The molecule has 1 aromatic heterocycles. The molecule has 2 N–H and O–H groups in total. The summed E-state index contributed by atoms with van der Waals surface area (Å²) in [4.78, 5) is 26.5. The van der Waals surface area contributed by atoms with Gasteiger partial charge in [-0.15, -0.1) is 0 Å². The van der Waals surface area contributed by atoms with Crippen molar-refractivity contribution in [1.29, 1.82) is 0 Å². The van der Waals surface area contributed by atoms with E-state index in [4.69, 9.17) is 9.84 Å². The molecule has 0 bridgehead atoms. The van der Waals surface area contributed by atoms with E-state index in [1.54, 1.807) is 0 Å². The van der Waals surface area contributed by atoms with Crippen LogP contribution in [0.3, 0.4) is 0 Å². The van der Waals surface area contributed by atoms with Gasteiger partial charge < -0.3 is 15.2 Å². The summed E-state index contributed by atoms with van der Waals surface area (Å²) in [6, 6.07) is 4.35. The Morgan fingerprint density at radius 2 is 2.05 bits per heavy atom. The van der Waals surface area contributed by atoms with Crippen molar-refractivity contribution in [2.75, 3.05) is 13.2 Å². The summed E-state index contributed by atoms with van der Waals surface area (Å²) in [5.41, 5.74) is -0.0362. The molecular weight excluding hydrogens is 284 g/mol. The lowest BCUT2D eigenvalue weighted by Gasteiger charge is -2.28. The molecule has 0 spiro atoms. The summed E-state index contributed by atoms with van der Waals surface area (Å²) in [6.45, 7) is 3.05. The fourth-order valence-corrected chi connectivity index (χ4v) is 2.68. The van der Waals surface area contributed by atoms with Gasteiger partial charge in [-0.1, -0.05) is 25.8 Å². The molecule has 22 heavy (non-hydrogen) atoms. The number of aromatic nitrogens is 1. The summed E-state index contributed by atoms with van der Waals surface area (Å²) in [7, 11) is 0. The van der Waals surface area contributed by atoms with Gasteiger partial charge in [-0.2, -0.15) is 0 Å². The van der Waals surface area contributed by atoms with Gasteiger partial charge in [0, 0.05) is 6.54 Å². The quantitative estimate of drug-likeness (QED) is 0.786. The number of nitrogens with zero attached hydrogens (tertiary/aromatic N) is 1. The zero-order valence-electron chi connectivity index (χ0n) is 12.7. The van der Waals surface area contributed by atoms with Gasteiger partial charge in [0.2, 0.25) is 0 Å². The number of hydrogen-bond donors (Lipinski definition) is 2. The average molecular weight is 306 g/mol. The number of carbonyl (C=O) groups excluding carboxylic acids is 1. The van der Waals surface area contributed by atoms with E-state index in [1.165, 1.54) is 37.5 Å². The van der Waals surface area contributed by atoms with E-state index in [-0.39, 0.29) is 23.4 Å². The van der Waals surface area contributed by atoms with Gasteiger partial charge in [-0.05, 0) is 30.9 Å². The van der Waals surface area contributed by atoms with Gasteiger partial charge in [-0.25, -0.2) is 9.78 Å². The van der Waals surface area contributed by atoms with Crippen molar-refractivity contribution in [3.8, 4) is 0 Å². The lowest BCUT2D eigenvalue weighted by molar-refractivity contribution is -0.00295. The number of carboxylic acid groups (broad SMARTS) is 1. The molecule has 6 nitrogen and oxygen atoms in total. The molecule has 1 heterocycles. The number of aromatic carboxylic acids is 1. The maximum atomic E-state index is 11.9. The molecule has 1 aliphatic rings. The second kappa shape index (κ2) is 7.89. The van der Waals surface area contributed by atoms with Gasteiger partial charge in [0.05, 0.1) is 12.7 Å². The minimum absolute atomic E-state index is 0.103. The zero-order chi connectivity index (χ0) is 15.9. The Kier molecular flexibility index (Phi) is 5.89. The lowest BCUT2D eigenvalue weighted by atomic mass is 9.88. The molecule has 120 valence electrons. The fraction of sp³-hybridized carbons (Fsp3) is 0.562. The highest BCUT2D eigenvalue weighted by Gasteiger charge is 2.21. The molecule has 1 amide bonds. The van der Waals surface area contributed by atoms with Gasteiger partial charge in [-0.3, -0.25) is 4.79 Å². The number of hydrogen-bond acceptors (Lipinski definition) is 4. The predicted molar refractivity (Wildman–Crippen MR) is 80.9 cm³/mol. The first-order valence-corrected chi connectivity index (χ1v) is 7.68. The fourth-order valence-electron chi connectivity index (χ4n) is 2.68. The van der Waals surface area contributed by atoms with Crippen LogP contribution in [0.25, 0.3) is 0 Å². The largest absolute Gasteiger partial charge is 0.477 e. The molecule has 0 aliphatic heterocycles. The standard InChI is InChI=1S/C16H22N2O4/c1-11-5-2-3-8-14(11)22-10-9-17-15(19)12-6-4-7-13(18-12)16(20)21/h4,6-7,11,14H,2-3,5,8-10H2,1H3,(H,17,19)(H,20,21). The summed E-state index contributed by atoms with van der Waals surface area (Å²) in [5.74, 6) is -0.967. The van der Waals surface area contributed by atoms with Crippen molar-refractivity contribution in [3.05, 3.63) is 29.6 Å². The molecule has 2 rings (SSSR count). The van der Waals surface area contributed by atoms with Gasteiger partial charge in [0.25, 0.3) is 5.91 Å². The molecule has 0 radical (unpaired) electrons. The monoisotopic (exact) mass is 306 g/mol. The maximum absolute atomic E-state index is 11.9. The number of rotatable bonds is 6. The Morgan fingerprint density at radius 3 is 2.77 bits per heavy atom. The van der Waals surface area contributed by atoms with Crippen LogP contribution in [-0.2, 0) is 4.74 Å². The molecule has 1 saturated carbocycles. The van der Waals surface area contributed by atoms with Crippen molar-refractivity contribution in [2.45, 2.75) is 38.7 Å². The molecule has 6 heteroatoms. The predicted octanol–water partition coefficient (Wildman–Crippen LogP) is 2.10. The summed E-state index contributed by atoms with van der Waals surface area (Å²) >= 11 is 0. The number of carbonyl (C=O) groups is 2. The second-order valence-electron chi connectivity index (χ2n) is 5.64. The minimum atomic E-state index is -1.15. The molecule has 2 unspecified atom stereocenters. The van der Waals surface area contributed by atoms with Crippen molar-refractivity contribution < 1.29 is 19.4 Å². The van der Waals surface area contributed by atoms with E-state index in [9.17, 15) is 9.59 Å². The first-order chi connectivity index (χ1) is 10.6. The molecule has 0 aromatic carbocycles. The molecule has 2 atom stereocenters. The van der Waals surface area contributed by atoms with E-state index >= 15 is 0 Å². The second-order valence-corrected chi connectivity index (χ2v) is 5.64. The highest BCUT2D eigenvalue weighted by molar-refractivity contribution is 5.94. The maximum Gasteiger partial charge on any atom is 0.354 e. The van der Waals surface area contributed by atoms with E-state index in [0.717, 1.165) is 6.42 Å². The van der Waals surface area contributed by atoms with Crippen LogP contribution in [0, 0.1) is 5.92 Å². The van der Waals surface area contributed by atoms with Crippen molar-refractivity contribution in [2.24, 2.45) is 5.92 Å². The van der Waals surface area contributed by atoms with Crippen molar-refractivity contribution >= 4 is 11.9 Å². The smallest absolute Gasteiger partial charge is 0.354 e. The Morgan fingerprint density at radius 1 is 1.32 bits per heavy atom. The average Bonchev–Trinajstić information content (AvgIpc) is 2.53. The van der Waals surface area contributed by atoms with E-state index in [1.807, 2.05) is 0 Å². The van der Waals surface area contributed by atoms with E-state index in [2.05, 4.69) is 17.2 Å². The van der Waals surface area contributed by atoms with Crippen molar-refractivity contribution in [1.82, 2.24) is 10.3 Å². The van der Waals surface area contributed by atoms with E-state index < -0.39 is 5.97 Å². The first-order valence-electron chi connectivity index (χ1n) is 7.68. The summed E-state index contributed by atoms with van der Waals surface area (Å²) in [5, 5.41) is 11.6. The third-order valence-electron chi connectivity index (χ3n) is 3.95. The third-order valence-corrected chi connectivity index (χ3v) is 3.95. The van der Waals surface area contributed by atoms with Gasteiger partial charge >= 0.3 is 5.97 Å². The minimum Gasteiger partial charge on any atom is -0.477 e. The van der Waals surface area contributed by atoms with E-state index in [0.29, 0.717) is 19.1 Å². The summed E-state index contributed by atoms with van der Waals surface area (Å²) < 4.78 is 5.81. The van der Waals surface area contributed by atoms with Gasteiger partial charge in [0.15, 0.2) is 0 Å². The topological polar surface area (TPSA) is 88.5 Å². The Labute approximate surface area is 129 Å². The SMILES string of the molecule is CC1CCCCC1OCCNC(=O)c1cccc(C(=O)O)n1. The van der Waals surface area contributed by atoms with Crippen LogP contribution < -0.4 is 5.32 Å². The van der Waals surface area contributed by atoms with Gasteiger partial charge in [0.1, 0.15) is 11.4 Å². The van der Waals surface area contributed by atoms with Crippen LogP contribution >= 0.6 is 0 Å².